The Balaban J connectivity index is 1.68. The number of thioether (sulfide) groups is 1. The van der Waals surface area contributed by atoms with Crippen LogP contribution in [-0.2, 0) is 11.3 Å². The summed E-state index contributed by atoms with van der Waals surface area (Å²) in [5, 5.41) is 12.8. The highest BCUT2D eigenvalue weighted by molar-refractivity contribution is 8.01. The number of aromatic nitrogens is 4. The van der Waals surface area contributed by atoms with Gasteiger partial charge < -0.3 is 10.6 Å². The van der Waals surface area contributed by atoms with Crippen molar-refractivity contribution in [1.29, 1.82) is 0 Å². The molecule has 3 atom stereocenters. The fraction of sp³-hybridized carbons (Fsp3) is 0.467. The van der Waals surface area contributed by atoms with E-state index in [2.05, 4.69) is 29.4 Å². The molecule has 0 bridgehead atoms. The molecule has 2 aliphatic rings. The van der Waals surface area contributed by atoms with Crippen LogP contribution in [0.5, 0.6) is 0 Å². The fourth-order valence-corrected chi connectivity index (χ4v) is 5.17. The highest BCUT2D eigenvalue weighted by Gasteiger charge is 2.61. The van der Waals surface area contributed by atoms with Gasteiger partial charge in [0.2, 0.25) is 5.91 Å². The van der Waals surface area contributed by atoms with E-state index < -0.39 is 6.04 Å². The van der Waals surface area contributed by atoms with Crippen molar-refractivity contribution >= 4 is 29.3 Å². The Hall–Kier alpha value is -1.64. The SMILES string of the molecule is CC1(C)SC2C(N)C(=O)N2C1c1nnnn1Cc1cccc(Cl)c1. The summed E-state index contributed by atoms with van der Waals surface area (Å²) in [6.07, 6.45) is 0. The molecule has 1 aromatic heterocycles. The molecule has 0 radical (unpaired) electrons. The molecule has 4 rings (SSSR count). The van der Waals surface area contributed by atoms with E-state index in [1.54, 1.807) is 16.4 Å². The molecule has 2 aliphatic heterocycles. The molecule has 2 N–H and O–H groups in total. The van der Waals surface area contributed by atoms with E-state index in [1.807, 2.05) is 29.2 Å². The van der Waals surface area contributed by atoms with E-state index in [9.17, 15) is 4.79 Å². The molecule has 1 aromatic carbocycles. The second-order valence-corrected chi connectivity index (χ2v) is 8.82. The lowest BCUT2D eigenvalue weighted by Gasteiger charge is -2.42. The molecular formula is C15H17ClN6OS. The summed E-state index contributed by atoms with van der Waals surface area (Å²) in [6, 6.07) is 6.94. The lowest BCUT2D eigenvalue weighted by Crippen LogP contribution is -2.65. The molecule has 1 amide bonds. The molecule has 3 unspecified atom stereocenters. The molecule has 2 aromatic rings. The van der Waals surface area contributed by atoms with Gasteiger partial charge in [0.25, 0.3) is 0 Å². The Morgan fingerprint density at radius 1 is 1.42 bits per heavy atom. The highest BCUT2D eigenvalue weighted by Crippen LogP contribution is 2.56. The largest absolute Gasteiger partial charge is 0.317 e. The molecule has 0 saturated carbocycles. The number of benzene rings is 1. The molecule has 2 saturated heterocycles. The quantitative estimate of drug-likeness (QED) is 0.829. The second-order valence-electron chi connectivity index (χ2n) is 6.61. The van der Waals surface area contributed by atoms with Gasteiger partial charge in [-0.1, -0.05) is 23.7 Å². The van der Waals surface area contributed by atoms with Gasteiger partial charge in [-0.2, -0.15) is 0 Å². The van der Waals surface area contributed by atoms with E-state index in [0.29, 0.717) is 17.4 Å². The van der Waals surface area contributed by atoms with Gasteiger partial charge in [0.15, 0.2) is 5.82 Å². The van der Waals surface area contributed by atoms with Crippen molar-refractivity contribution in [3.8, 4) is 0 Å². The third-order valence-electron chi connectivity index (χ3n) is 4.51. The van der Waals surface area contributed by atoms with Crippen LogP contribution in [0, 0.1) is 0 Å². The summed E-state index contributed by atoms with van der Waals surface area (Å²) >= 11 is 7.76. The van der Waals surface area contributed by atoms with Crippen molar-refractivity contribution in [2.24, 2.45) is 5.73 Å². The number of rotatable bonds is 3. The number of β-lactam (4-membered cyclic amide) rings is 1. The van der Waals surface area contributed by atoms with Gasteiger partial charge in [-0.3, -0.25) is 4.79 Å². The predicted molar refractivity (Wildman–Crippen MR) is 91.4 cm³/mol. The van der Waals surface area contributed by atoms with Crippen LogP contribution in [0.4, 0.5) is 0 Å². The normalized spacial score (nSPS) is 27.9. The van der Waals surface area contributed by atoms with Crippen LogP contribution in [0.25, 0.3) is 0 Å². The third kappa shape index (κ3) is 2.32. The maximum Gasteiger partial charge on any atom is 0.244 e. The number of carbonyl (C=O) groups excluding carboxylic acids is 1. The molecule has 0 spiro atoms. The molecule has 24 heavy (non-hydrogen) atoms. The van der Waals surface area contributed by atoms with Gasteiger partial charge >= 0.3 is 0 Å². The lowest BCUT2D eigenvalue weighted by atomic mass is 9.95. The number of nitrogens with two attached hydrogens (primary N) is 1. The molecule has 0 aliphatic carbocycles. The van der Waals surface area contributed by atoms with Gasteiger partial charge in [0, 0.05) is 9.77 Å². The topological polar surface area (TPSA) is 89.9 Å². The molecule has 2 fully saturated rings. The second kappa shape index (κ2) is 5.44. The van der Waals surface area contributed by atoms with Gasteiger partial charge in [-0.15, -0.1) is 16.9 Å². The van der Waals surface area contributed by atoms with Gasteiger partial charge in [-0.25, -0.2) is 4.68 Å². The highest BCUT2D eigenvalue weighted by atomic mass is 35.5. The molecule has 3 heterocycles. The average molecular weight is 365 g/mol. The van der Waals surface area contributed by atoms with Crippen LogP contribution in [0.3, 0.4) is 0 Å². The summed E-state index contributed by atoms with van der Waals surface area (Å²) in [7, 11) is 0. The predicted octanol–water partition coefficient (Wildman–Crippen LogP) is 1.44. The summed E-state index contributed by atoms with van der Waals surface area (Å²) in [6.45, 7) is 4.69. The van der Waals surface area contributed by atoms with Crippen molar-refractivity contribution in [3.05, 3.63) is 40.7 Å². The summed E-state index contributed by atoms with van der Waals surface area (Å²) in [4.78, 5) is 14.1. The van der Waals surface area contributed by atoms with Crippen LogP contribution >= 0.6 is 23.4 Å². The minimum atomic E-state index is -0.434. The number of fused-ring (bicyclic) bond motifs is 1. The number of halogens is 1. The average Bonchev–Trinajstić information content (AvgIpc) is 3.06. The van der Waals surface area contributed by atoms with E-state index in [4.69, 9.17) is 17.3 Å². The van der Waals surface area contributed by atoms with Gasteiger partial charge in [0.1, 0.15) is 17.5 Å². The molecular weight excluding hydrogens is 348 g/mol. The van der Waals surface area contributed by atoms with E-state index in [-0.39, 0.29) is 22.1 Å². The molecule has 7 nitrogen and oxygen atoms in total. The summed E-state index contributed by atoms with van der Waals surface area (Å²) < 4.78 is 1.52. The van der Waals surface area contributed by atoms with Crippen molar-refractivity contribution < 1.29 is 4.79 Å². The number of hydrogen-bond donors (Lipinski definition) is 1. The van der Waals surface area contributed by atoms with E-state index in [1.165, 1.54) is 0 Å². The van der Waals surface area contributed by atoms with E-state index >= 15 is 0 Å². The van der Waals surface area contributed by atoms with Crippen molar-refractivity contribution in [1.82, 2.24) is 25.1 Å². The monoisotopic (exact) mass is 364 g/mol. The Labute approximate surface area is 148 Å². The first-order valence-corrected chi connectivity index (χ1v) is 8.90. The molecule has 9 heteroatoms. The maximum absolute atomic E-state index is 12.2. The van der Waals surface area contributed by atoms with Crippen molar-refractivity contribution in [2.45, 2.75) is 42.6 Å². The first-order chi connectivity index (χ1) is 11.4. The smallest absolute Gasteiger partial charge is 0.244 e. The number of nitrogens with zero attached hydrogens (tertiary/aromatic N) is 5. The zero-order chi connectivity index (χ0) is 17.1. The van der Waals surface area contributed by atoms with Crippen molar-refractivity contribution in [2.75, 3.05) is 0 Å². The van der Waals surface area contributed by atoms with Crippen LogP contribution in [0.1, 0.15) is 31.3 Å². The van der Waals surface area contributed by atoms with Crippen molar-refractivity contribution in [3.63, 3.8) is 0 Å². The Morgan fingerprint density at radius 2 is 2.21 bits per heavy atom. The number of tetrazole rings is 1. The van der Waals surface area contributed by atoms with Crippen LogP contribution in [0.15, 0.2) is 24.3 Å². The Kier molecular flexibility index (Phi) is 3.59. The summed E-state index contributed by atoms with van der Waals surface area (Å²) in [5.74, 6) is 0.635. The fourth-order valence-electron chi connectivity index (χ4n) is 3.39. The first-order valence-electron chi connectivity index (χ1n) is 7.64. The number of carbonyl (C=O) groups is 1. The van der Waals surface area contributed by atoms with Crippen LogP contribution < -0.4 is 5.73 Å². The standard InChI is InChI=1S/C15H17ClN6OS/c1-15(2)11(22-13(23)10(17)14(22)24-15)12-18-19-20-21(12)7-8-4-3-5-9(16)6-8/h3-6,10-11,14H,7,17H2,1-2H3. The minimum Gasteiger partial charge on any atom is -0.317 e. The lowest BCUT2D eigenvalue weighted by molar-refractivity contribution is -0.147. The number of amides is 1. The van der Waals surface area contributed by atoms with E-state index in [0.717, 1.165) is 5.56 Å². The zero-order valence-electron chi connectivity index (χ0n) is 13.3. The summed E-state index contributed by atoms with van der Waals surface area (Å²) in [5.41, 5.74) is 6.94. The third-order valence-corrected chi connectivity index (χ3v) is 6.34. The Bertz CT molecular complexity index is 809. The first kappa shape index (κ1) is 15.9. The Morgan fingerprint density at radius 3 is 2.96 bits per heavy atom. The van der Waals surface area contributed by atoms with Gasteiger partial charge in [0.05, 0.1) is 6.54 Å². The number of hydrogen-bond acceptors (Lipinski definition) is 6. The zero-order valence-corrected chi connectivity index (χ0v) is 14.8. The van der Waals surface area contributed by atoms with Crippen LogP contribution in [0.2, 0.25) is 5.02 Å². The minimum absolute atomic E-state index is 0.00572. The maximum atomic E-state index is 12.2. The van der Waals surface area contributed by atoms with Crippen LogP contribution in [-0.4, -0.2) is 47.2 Å². The molecule has 126 valence electrons. The van der Waals surface area contributed by atoms with Gasteiger partial charge in [-0.05, 0) is 42.0 Å².